The highest BCUT2D eigenvalue weighted by Gasteiger charge is 2.49. The molecule has 0 spiro atoms. The first kappa shape index (κ1) is 19.3. The second-order valence-electron chi connectivity index (χ2n) is 7.20. The van der Waals surface area contributed by atoms with E-state index in [1.54, 1.807) is 36.4 Å². The van der Waals surface area contributed by atoms with Crippen LogP contribution >= 0.6 is 11.3 Å². The summed E-state index contributed by atoms with van der Waals surface area (Å²) in [5.41, 5.74) is 2.35. The molecule has 7 heteroatoms. The normalized spacial score (nSPS) is 18.2. The van der Waals surface area contributed by atoms with Gasteiger partial charge in [-0.05, 0) is 36.2 Å². The van der Waals surface area contributed by atoms with Gasteiger partial charge in [0.2, 0.25) is 0 Å². The van der Waals surface area contributed by atoms with Gasteiger partial charge in [-0.25, -0.2) is 4.98 Å². The van der Waals surface area contributed by atoms with Crippen LogP contribution in [0.3, 0.4) is 0 Å². The second-order valence-corrected chi connectivity index (χ2v) is 8.21. The lowest BCUT2D eigenvalue weighted by Gasteiger charge is -2.20. The van der Waals surface area contributed by atoms with Crippen molar-refractivity contribution >= 4 is 44.1 Å². The number of hydrogen-bond acceptors (Lipinski definition) is 6. The Bertz CT molecular complexity index is 1320. The molecular weight excluding hydrogens is 412 g/mol. The third kappa shape index (κ3) is 3.14. The number of aryl methyl sites for hydroxylation is 1. The minimum Gasteiger partial charge on any atom is -0.507 e. The molecule has 1 aliphatic rings. The van der Waals surface area contributed by atoms with Crippen molar-refractivity contribution in [1.29, 1.82) is 0 Å². The van der Waals surface area contributed by atoms with Crippen LogP contribution in [0.15, 0.2) is 76.9 Å². The molecule has 1 fully saturated rings. The van der Waals surface area contributed by atoms with Crippen molar-refractivity contribution in [1.82, 2.24) is 4.98 Å². The molecule has 1 aliphatic heterocycles. The number of aromatic nitrogens is 1. The number of benzene rings is 2. The van der Waals surface area contributed by atoms with Crippen LogP contribution in [-0.2, 0) is 16.0 Å². The summed E-state index contributed by atoms with van der Waals surface area (Å²) in [4.78, 5) is 32.1. The maximum absolute atomic E-state index is 13.1. The highest BCUT2D eigenvalue weighted by atomic mass is 32.1. The molecule has 1 amide bonds. The SMILES string of the molecule is CCc1ccc2nc(N3C(=O)C(=O)/C(=C(/O)c4ccccc4)[C@H]3c3ccco3)sc2c1. The summed E-state index contributed by atoms with van der Waals surface area (Å²) < 4.78 is 6.51. The fourth-order valence-corrected chi connectivity index (χ4v) is 4.83. The Hall–Kier alpha value is -3.71. The number of carbonyl (C=O) groups excluding carboxylic acids is 2. The molecule has 5 rings (SSSR count). The highest BCUT2D eigenvalue weighted by molar-refractivity contribution is 7.22. The van der Waals surface area contributed by atoms with Crippen LogP contribution in [0.25, 0.3) is 16.0 Å². The van der Waals surface area contributed by atoms with Crippen LogP contribution in [0.4, 0.5) is 5.13 Å². The molecule has 0 saturated carbocycles. The van der Waals surface area contributed by atoms with E-state index in [1.165, 1.54) is 22.5 Å². The quantitative estimate of drug-likeness (QED) is 0.277. The van der Waals surface area contributed by atoms with Gasteiger partial charge in [-0.15, -0.1) is 0 Å². The van der Waals surface area contributed by atoms with Gasteiger partial charge in [0.15, 0.2) is 5.13 Å². The van der Waals surface area contributed by atoms with Crippen molar-refractivity contribution in [2.75, 3.05) is 4.90 Å². The van der Waals surface area contributed by atoms with Gasteiger partial charge in [-0.2, -0.15) is 0 Å². The summed E-state index contributed by atoms with van der Waals surface area (Å²) in [6, 6.07) is 17.1. The van der Waals surface area contributed by atoms with E-state index in [1.807, 2.05) is 24.3 Å². The van der Waals surface area contributed by atoms with Gasteiger partial charge >= 0.3 is 5.91 Å². The number of carbonyl (C=O) groups is 2. The Morgan fingerprint density at radius 3 is 2.65 bits per heavy atom. The predicted octanol–water partition coefficient (Wildman–Crippen LogP) is 5.08. The molecule has 154 valence electrons. The minimum atomic E-state index is -0.901. The van der Waals surface area contributed by atoms with Crippen molar-refractivity contribution < 1.29 is 19.1 Å². The Morgan fingerprint density at radius 1 is 1.13 bits per heavy atom. The topological polar surface area (TPSA) is 83.6 Å². The average Bonchev–Trinajstić information content (AvgIpc) is 3.52. The number of Topliss-reactive ketones (excluding diaryl/α,β-unsaturated/α-hetero) is 1. The largest absolute Gasteiger partial charge is 0.507 e. The lowest BCUT2D eigenvalue weighted by atomic mass is 9.99. The number of hydrogen-bond donors (Lipinski definition) is 1. The number of furan rings is 1. The number of rotatable bonds is 4. The van der Waals surface area contributed by atoms with Crippen LogP contribution in [0, 0.1) is 0 Å². The molecular formula is C24H18N2O4S. The lowest BCUT2D eigenvalue weighted by Crippen LogP contribution is -2.29. The number of anilines is 1. The van der Waals surface area contributed by atoms with Crippen molar-refractivity contribution in [3.63, 3.8) is 0 Å². The van der Waals surface area contributed by atoms with E-state index in [0.29, 0.717) is 16.5 Å². The molecule has 3 heterocycles. The zero-order valence-corrected chi connectivity index (χ0v) is 17.4. The molecule has 2 aromatic heterocycles. The number of aliphatic hydroxyl groups is 1. The van der Waals surface area contributed by atoms with E-state index in [4.69, 9.17) is 4.42 Å². The van der Waals surface area contributed by atoms with Gasteiger partial charge in [-0.3, -0.25) is 14.5 Å². The third-order valence-corrected chi connectivity index (χ3v) is 6.38. The van der Waals surface area contributed by atoms with Crippen molar-refractivity contribution in [3.05, 3.63) is 89.4 Å². The van der Waals surface area contributed by atoms with E-state index in [2.05, 4.69) is 11.9 Å². The van der Waals surface area contributed by atoms with Crippen molar-refractivity contribution in [2.45, 2.75) is 19.4 Å². The van der Waals surface area contributed by atoms with Gasteiger partial charge in [0.25, 0.3) is 5.78 Å². The zero-order chi connectivity index (χ0) is 21.5. The monoisotopic (exact) mass is 430 g/mol. The second kappa shape index (κ2) is 7.52. The first-order valence-electron chi connectivity index (χ1n) is 9.87. The number of thiazole rings is 1. The van der Waals surface area contributed by atoms with E-state index >= 15 is 0 Å². The lowest BCUT2D eigenvalue weighted by molar-refractivity contribution is -0.132. The Labute approximate surface area is 182 Å². The number of ketones is 1. The molecule has 31 heavy (non-hydrogen) atoms. The van der Waals surface area contributed by atoms with Crippen LogP contribution in [0.5, 0.6) is 0 Å². The Morgan fingerprint density at radius 2 is 1.94 bits per heavy atom. The summed E-state index contributed by atoms with van der Waals surface area (Å²) in [7, 11) is 0. The fraction of sp³-hybridized carbons (Fsp3) is 0.125. The van der Waals surface area contributed by atoms with Crippen LogP contribution in [0.1, 0.15) is 29.9 Å². The molecule has 2 aromatic carbocycles. The van der Waals surface area contributed by atoms with Crippen LogP contribution < -0.4 is 4.90 Å². The molecule has 0 unspecified atom stereocenters. The molecule has 0 radical (unpaired) electrons. The molecule has 1 saturated heterocycles. The number of amides is 1. The van der Waals surface area contributed by atoms with Crippen molar-refractivity contribution in [3.8, 4) is 0 Å². The third-order valence-electron chi connectivity index (χ3n) is 5.36. The van der Waals surface area contributed by atoms with Gasteiger partial charge in [-0.1, -0.05) is 54.7 Å². The maximum atomic E-state index is 13.1. The molecule has 4 aromatic rings. The van der Waals surface area contributed by atoms with Crippen LogP contribution in [0.2, 0.25) is 0 Å². The van der Waals surface area contributed by atoms with Gasteiger partial charge in [0.05, 0.1) is 22.1 Å². The summed E-state index contributed by atoms with van der Waals surface area (Å²) in [5.74, 6) is -1.37. The Kier molecular flexibility index (Phi) is 4.67. The molecule has 1 atom stereocenters. The molecule has 0 aliphatic carbocycles. The smallest absolute Gasteiger partial charge is 0.302 e. The summed E-state index contributed by atoms with van der Waals surface area (Å²) in [6.07, 6.45) is 2.36. The first-order chi connectivity index (χ1) is 15.1. The maximum Gasteiger partial charge on any atom is 0.302 e. The molecule has 0 bridgehead atoms. The van der Waals surface area contributed by atoms with E-state index in [0.717, 1.165) is 22.2 Å². The summed E-state index contributed by atoms with van der Waals surface area (Å²) in [5, 5.41) is 11.4. The summed E-state index contributed by atoms with van der Waals surface area (Å²) >= 11 is 1.34. The van der Waals surface area contributed by atoms with E-state index < -0.39 is 17.7 Å². The number of fused-ring (bicyclic) bond motifs is 1. The Balaban J connectivity index is 1.70. The van der Waals surface area contributed by atoms with Crippen molar-refractivity contribution in [2.24, 2.45) is 0 Å². The van der Waals surface area contributed by atoms with E-state index in [-0.39, 0.29) is 11.3 Å². The molecule has 6 nitrogen and oxygen atoms in total. The van der Waals surface area contributed by atoms with E-state index in [9.17, 15) is 14.7 Å². The van der Waals surface area contributed by atoms with Gasteiger partial charge in [0, 0.05) is 5.56 Å². The zero-order valence-electron chi connectivity index (χ0n) is 16.6. The standard InChI is InChI=1S/C24H18N2O4S/c1-2-14-10-11-16-18(13-14)31-24(25-16)26-20(17-9-6-12-30-17)19(22(28)23(26)29)21(27)15-7-4-3-5-8-15/h3-13,20,27H,2H2,1H3/b21-19+/t20-/m1/s1. The average molecular weight is 430 g/mol. The fourth-order valence-electron chi connectivity index (χ4n) is 3.78. The van der Waals surface area contributed by atoms with Gasteiger partial charge < -0.3 is 9.52 Å². The van der Waals surface area contributed by atoms with Crippen LogP contribution in [-0.4, -0.2) is 21.8 Å². The minimum absolute atomic E-state index is 0.0142. The summed E-state index contributed by atoms with van der Waals surface area (Å²) in [6.45, 7) is 2.07. The predicted molar refractivity (Wildman–Crippen MR) is 119 cm³/mol. The molecule has 1 N–H and O–H groups in total. The highest BCUT2D eigenvalue weighted by Crippen LogP contribution is 2.44. The number of nitrogens with zero attached hydrogens (tertiary/aromatic N) is 2. The number of aliphatic hydroxyl groups excluding tert-OH is 1. The van der Waals surface area contributed by atoms with Gasteiger partial charge in [0.1, 0.15) is 17.6 Å². The first-order valence-corrected chi connectivity index (χ1v) is 10.7.